The molecule has 4 aliphatic rings. The summed E-state index contributed by atoms with van der Waals surface area (Å²) in [7, 11) is 0. The fourth-order valence-corrected chi connectivity index (χ4v) is 13.9. The Morgan fingerprint density at radius 2 is 1.12 bits per heavy atom. The van der Waals surface area contributed by atoms with Crippen molar-refractivity contribution in [3.8, 4) is 11.1 Å². The van der Waals surface area contributed by atoms with Gasteiger partial charge in [0.1, 0.15) is 0 Å². The first-order valence-corrected chi connectivity index (χ1v) is 25.8. The van der Waals surface area contributed by atoms with E-state index in [1.165, 1.54) is 141 Å². The number of hydrogen-bond acceptors (Lipinski definition) is 3. The second-order valence-electron chi connectivity index (χ2n) is 24.4. The predicted molar refractivity (Wildman–Crippen MR) is 293 cm³/mol. The van der Waals surface area contributed by atoms with E-state index in [0.717, 1.165) is 0 Å². The summed E-state index contributed by atoms with van der Waals surface area (Å²) >= 11 is 1.93. The van der Waals surface area contributed by atoms with Gasteiger partial charge in [0, 0.05) is 48.5 Å². The maximum Gasteiger partial charge on any atom is 0.252 e. The minimum atomic E-state index is -0.0172. The molecule has 0 bridgehead atoms. The Kier molecular flexibility index (Phi) is 9.09. The highest BCUT2D eigenvalue weighted by Crippen LogP contribution is 2.55. The first kappa shape index (κ1) is 42.8. The molecule has 0 atom stereocenters. The number of rotatable bonds is 3. The molecule has 1 aromatic heterocycles. The standard InChI is InChI=1S/C63H65BN2S/c1-38-32-52-57-53(33-38)66(50-26-22-40(59(2,3)4)34-43(50)39-18-14-13-15-19-39)58-48(25-27-55-56(58)42-20-16-17-21-54(42)67-55)64(57)49-36-46-47(63(11,12)31-30-62(46,9)10)37-51(49)65(52)41-23-24-44-45(35-41)61(7,8)29-28-60(44,5)6/h13-27,32-37H,28-31H2,1-12H3. The number of fused-ring (bicyclic) bond motifs is 10. The van der Waals surface area contributed by atoms with E-state index in [1.54, 1.807) is 0 Å². The molecule has 0 radical (unpaired) electrons. The lowest BCUT2D eigenvalue weighted by Crippen LogP contribution is -2.62. The Balaban J connectivity index is 1.24. The van der Waals surface area contributed by atoms with Crippen molar-refractivity contribution in [3.05, 3.63) is 161 Å². The molecule has 2 aliphatic carbocycles. The third kappa shape index (κ3) is 6.34. The van der Waals surface area contributed by atoms with E-state index in [-0.39, 0.29) is 33.8 Å². The molecule has 0 fully saturated rings. The van der Waals surface area contributed by atoms with Gasteiger partial charge >= 0.3 is 0 Å². The molecule has 2 nitrogen and oxygen atoms in total. The van der Waals surface area contributed by atoms with Gasteiger partial charge in [-0.3, -0.25) is 0 Å². The SMILES string of the molecule is Cc1cc2c3c(c1)N(c1ccc(C(C)(C)C)cc1-c1ccccc1)c1c(ccc4sc5ccccc5c14)B3c1cc3c(cc1N2c1ccc2c(c1)C(C)(C)CCC2(C)C)C(C)(C)CCC3(C)C. The lowest BCUT2D eigenvalue weighted by molar-refractivity contribution is 0.332. The summed E-state index contributed by atoms with van der Waals surface area (Å²) in [5.41, 5.74) is 23.3. The Bertz CT molecular complexity index is 3380. The van der Waals surface area contributed by atoms with Crippen LogP contribution in [0, 0.1) is 6.92 Å². The topological polar surface area (TPSA) is 6.48 Å². The maximum absolute atomic E-state index is 2.71. The van der Waals surface area contributed by atoms with Gasteiger partial charge in [-0.05, 0) is 170 Å². The van der Waals surface area contributed by atoms with Gasteiger partial charge < -0.3 is 9.80 Å². The van der Waals surface area contributed by atoms with Gasteiger partial charge in [0.15, 0.2) is 0 Å². The number of hydrogen-bond donors (Lipinski definition) is 0. The van der Waals surface area contributed by atoms with Crippen molar-refractivity contribution in [1.82, 2.24) is 0 Å². The molecule has 0 saturated carbocycles. The molecule has 0 spiro atoms. The molecule has 3 heterocycles. The van der Waals surface area contributed by atoms with Gasteiger partial charge in [0.25, 0.3) is 6.71 Å². The lowest BCUT2D eigenvalue weighted by atomic mass is 9.33. The van der Waals surface area contributed by atoms with E-state index in [9.17, 15) is 0 Å². The average Bonchev–Trinajstić information content (AvgIpc) is 3.68. The largest absolute Gasteiger partial charge is 0.311 e. The van der Waals surface area contributed by atoms with Crippen molar-refractivity contribution in [1.29, 1.82) is 0 Å². The van der Waals surface area contributed by atoms with Gasteiger partial charge in [0.2, 0.25) is 0 Å². The van der Waals surface area contributed by atoms with Crippen LogP contribution in [0.2, 0.25) is 0 Å². The molecule has 0 N–H and O–H groups in total. The van der Waals surface area contributed by atoms with Crippen molar-refractivity contribution in [3.63, 3.8) is 0 Å². The van der Waals surface area contributed by atoms with Crippen molar-refractivity contribution >= 4 is 88.7 Å². The third-order valence-electron chi connectivity index (χ3n) is 17.0. The van der Waals surface area contributed by atoms with E-state index in [1.807, 2.05) is 11.3 Å². The van der Waals surface area contributed by atoms with E-state index in [2.05, 4.69) is 220 Å². The maximum atomic E-state index is 2.71. The first-order chi connectivity index (χ1) is 31.7. The molecule has 336 valence electrons. The summed E-state index contributed by atoms with van der Waals surface area (Å²) in [6, 6.07) is 50.5. The van der Waals surface area contributed by atoms with Gasteiger partial charge in [-0.25, -0.2) is 0 Å². The zero-order valence-electron chi connectivity index (χ0n) is 41.8. The molecular formula is C63H65BN2S. The van der Waals surface area contributed by atoms with Gasteiger partial charge in [-0.15, -0.1) is 11.3 Å². The van der Waals surface area contributed by atoms with Crippen LogP contribution in [0.15, 0.2) is 127 Å². The number of nitrogens with zero attached hydrogens (tertiary/aromatic N) is 2. The zero-order chi connectivity index (χ0) is 46.7. The van der Waals surface area contributed by atoms with Crippen LogP contribution < -0.4 is 26.2 Å². The Morgan fingerprint density at radius 1 is 0.507 bits per heavy atom. The quantitative estimate of drug-likeness (QED) is 0.163. The van der Waals surface area contributed by atoms with Crippen LogP contribution in [0.5, 0.6) is 0 Å². The normalized spacial score (nSPS) is 18.3. The molecule has 0 unspecified atom stereocenters. The highest BCUT2D eigenvalue weighted by Gasteiger charge is 2.48. The Hall–Kier alpha value is -5.58. The number of benzene rings is 7. The number of anilines is 6. The number of aryl methyl sites for hydroxylation is 1. The summed E-state index contributed by atoms with van der Waals surface area (Å²) in [4.78, 5) is 5.41. The zero-order valence-corrected chi connectivity index (χ0v) is 42.6. The van der Waals surface area contributed by atoms with E-state index in [4.69, 9.17) is 0 Å². The fraction of sp³-hybridized carbons (Fsp3) is 0.333. The fourth-order valence-electron chi connectivity index (χ4n) is 12.8. The summed E-state index contributed by atoms with van der Waals surface area (Å²) < 4.78 is 2.67. The highest BCUT2D eigenvalue weighted by atomic mass is 32.1. The summed E-state index contributed by atoms with van der Waals surface area (Å²) in [6.45, 7) is 29.2. The van der Waals surface area contributed by atoms with Crippen molar-refractivity contribution in [2.75, 3.05) is 9.80 Å². The van der Waals surface area contributed by atoms with Crippen molar-refractivity contribution < 1.29 is 0 Å². The van der Waals surface area contributed by atoms with Crippen LogP contribution in [0.3, 0.4) is 0 Å². The monoisotopic (exact) mass is 892 g/mol. The van der Waals surface area contributed by atoms with Gasteiger partial charge in [0.05, 0.1) is 11.4 Å². The molecule has 2 aliphatic heterocycles. The minimum absolute atomic E-state index is 0.0172. The molecule has 12 rings (SSSR count). The molecule has 0 saturated heterocycles. The molecule has 4 heteroatoms. The molecule has 67 heavy (non-hydrogen) atoms. The van der Waals surface area contributed by atoms with Gasteiger partial charge in [-0.1, -0.05) is 149 Å². The van der Waals surface area contributed by atoms with E-state index < -0.39 is 0 Å². The predicted octanol–water partition coefficient (Wildman–Crippen LogP) is 16.1. The number of thiophene rings is 1. The molecule has 7 aromatic carbocycles. The molecule has 8 aromatic rings. The van der Waals surface area contributed by atoms with Crippen LogP contribution in [0.4, 0.5) is 34.1 Å². The van der Waals surface area contributed by atoms with E-state index in [0.29, 0.717) is 0 Å². The second-order valence-corrected chi connectivity index (χ2v) is 25.4. The minimum Gasteiger partial charge on any atom is -0.311 e. The molecular weight excluding hydrogens is 828 g/mol. The first-order valence-electron chi connectivity index (χ1n) is 25.0. The van der Waals surface area contributed by atoms with Gasteiger partial charge in [-0.2, -0.15) is 0 Å². The van der Waals surface area contributed by atoms with Crippen molar-refractivity contribution in [2.24, 2.45) is 0 Å². The highest BCUT2D eigenvalue weighted by molar-refractivity contribution is 7.26. The van der Waals surface area contributed by atoms with Crippen LogP contribution >= 0.6 is 11.3 Å². The van der Waals surface area contributed by atoms with Crippen LogP contribution in [0.1, 0.15) is 135 Å². The second kappa shape index (κ2) is 14.2. The summed E-state index contributed by atoms with van der Waals surface area (Å²) in [5.74, 6) is 0. The molecule has 0 amide bonds. The summed E-state index contributed by atoms with van der Waals surface area (Å²) in [6.07, 6.45) is 4.74. The third-order valence-corrected chi connectivity index (χ3v) is 18.1. The average molecular weight is 893 g/mol. The van der Waals surface area contributed by atoms with Crippen LogP contribution in [-0.2, 0) is 27.1 Å². The van der Waals surface area contributed by atoms with E-state index >= 15 is 0 Å². The van der Waals surface area contributed by atoms with Crippen molar-refractivity contribution in [2.45, 2.75) is 136 Å². The summed E-state index contributed by atoms with van der Waals surface area (Å²) in [5, 5.41) is 2.69. The van der Waals surface area contributed by atoms with Crippen LogP contribution in [-0.4, -0.2) is 6.71 Å². The van der Waals surface area contributed by atoms with Crippen LogP contribution in [0.25, 0.3) is 31.3 Å². The Morgan fingerprint density at radius 3 is 1.81 bits per heavy atom. The lowest BCUT2D eigenvalue weighted by Gasteiger charge is -2.48. The Labute approximate surface area is 404 Å². The smallest absolute Gasteiger partial charge is 0.252 e.